The summed E-state index contributed by atoms with van der Waals surface area (Å²) in [6, 6.07) is 14.4. The maximum absolute atomic E-state index is 11.6. The number of nitrogens with zero attached hydrogens (tertiary/aromatic N) is 1. The molecule has 27 heavy (non-hydrogen) atoms. The number of rotatable bonds is 8. The number of hydrogen-bond donors (Lipinski definition) is 1. The van der Waals surface area contributed by atoms with Gasteiger partial charge >= 0.3 is 0 Å². The molecule has 144 valence electrons. The third-order valence-electron chi connectivity index (χ3n) is 4.51. The highest BCUT2D eigenvalue weighted by molar-refractivity contribution is 6.30. The van der Waals surface area contributed by atoms with Gasteiger partial charge in [-0.05, 0) is 49.7 Å². The molecular weight excluding hydrogens is 366 g/mol. The average Bonchev–Trinajstić information content (AvgIpc) is 3.09. The van der Waals surface area contributed by atoms with Crippen molar-refractivity contribution >= 4 is 17.4 Å². The van der Waals surface area contributed by atoms with Crippen molar-refractivity contribution in [1.29, 1.82) is 0 Å². The Balaban J connectivity index is 1.44. The number of halogens is 1. The summed E-state index contributed by atoms with van der Waals surface area (Å²) in [4.78, 5) is 13.8. The van der Waals surface area contributed by atoms with E-state index in [2.05, 4.69) is 4.90 Å². The van der Waals surface area contributed by atoms with Crippen LogP contribution in [0.15, 0.2) is 48.5 Å². The molecular formula is C21H24ClNO4. The topological polar surface area (TPSA) is 59.0 Å². The first kappa shape index (κ1) is 19.7. The molecule has 0 saturated carbocycles. The minimum atomic E-state index is -0.640. The minimum absolute atomic E-state index is 0.0539. The predicted molar refractivity (Wildman–Crippen MR) is 105 cm³/mol. The first-order valence-corrected chi connectivity index (χ1v) is 9.44. The van der Waals surface area contributed by atoms with Gasteiger partial charge in [0, 0.05) is 24.7 Å². The van der Waals surface area contributed by atoms with Crippen molar-refractivity contribution in [2.45, 2.75) is 25.6 Å². The summed E-state index contributed by atoms with van der Waals surface area (Å²) in [7, 11) is 0. The molecule has 1 saturated heterocycles. The van der Waals surface area contributed by atoms with E-state index in [-0.39, 0.29) is 18.5 Å². The van der Waals surface area contributed by atoms with E-state index in [4.69, 9.17) is 21.1 Å². The van der Waals surface area contributed by atoms with Gasteiger partial charge in [0.15, 0.2) is 5.78 Å². The van der Waals surface area contributed by atoms with Crippen molar-refractivity contribution in [3.05, 3.63) is 59.1 Å². The van der Waals surface area contributed by atoms with Crippen LogP contribution in [-0.2, 0) is 0 Å². The number of hydrogen-bond acceptors (Lipinski definition) is 5. The maximum Gasteiger partial charge on any atom is 0.163 e. The van der Waals surface area contributed by atoms with E-state index < -0.39 is 6.10 Å². The summed E-state index contributed by atoms with van der Waals surface area (Å²) in [6.45, 7) is 3.76. The first-order chi connectivity index (χ1) is 13.0. The number of ether oxygens (including phenoxy) is 2. The van der Waals surface area contributed by atoms with Crippen molar-refractivity contribution in [2.75, 3.05) is 26.2 Å². The number of para-hydroxylation sites is 1. The minimum Gasteiger partial charge on any atom is -0.490 e. The summed E-state index contributed by atoms with van der Waals surface area (Å²) < 4.78 is 11.6. The van der Waals surface area contributed by atoms with Gasteiger partial charge in [-0.2, -0.15) is 0 Å². The molecule has 2 aromatic rings. The summed E-state index contributed by atoms with van der Waals surface area (Å²) >= 11 is 5.89. The van der Waals surface area contributed by atoms with E-state index in [0.717, 1.165) is 25.3 Å². The SMILES string of the molecule is CC(=O)c1ccccc1OCC(O)CN1CCC(Oc2ccc(Cl)cc2)C1. The van der Waals surface area contributed by atoms with Gasteiger partial charge in [-0.1, -0.05) is 23.7 Å². The number of aliphatic hydroxyl groups is 1. The van der Waals surface area contributed by atoms with E-state index in [9.17, 15) is 9.90 Å². The van der Waals surface area contributed by atoms with Gasteiger partial charge in [0.2, 0.25) is 0 Å². The Hall–Kier alpha value is -2.08. The Labute approximate surface area is 164 Å². The van der Waals surface area contributed by atoms with Crippen LogP contribution in [0.2, 0.25) is 5.02 Å². The first-order valence-electron chi connectivity index (χ1n) is 9.06. The highest BCUT2D eigenvalue weighted by Gasteiger charge is 2.25. The fraction of sp³-hybridized carbons (Fsp3) is 0.381. The van der Waals surface area contributed by atoms with Gasteiger partial charge in [-0.3, -0.25) is 9.69 Å². The van der Waals surface area contributed by atoms with Gasteiger partial charge in [0.05, 0.1) is 5.56 Å². The van der Waals surface area contributed by atoms with Crippen LogP contribution in [0.3, 0.4) is 0 Å². The number of ketones is 1. The molecule has 1 aliphatic heterocycles. The second kappa shape index (κ2) is 9.22. The van der Waals surface area contributed by atoms with Crippen LogP contribution in [0, 0.1) is 0 Å². The Kier molecular flexibility index (Phi) is 6.72. The Morgan fingerprint density at radius 1 is 1.26 bits per heavy atom. The number of carbonyl (C=O) groups excluding carboxylic acids is 1. The average molecular weight is 390 g/mol. The molecule has 0 amide bonds. The molecule has 1 aliphatic rings. The second-order valence-electron chi connectivity index (χ2n) is 6.76. The molecule has 1 N–H and O–H groups in total. The van der Waals surface area contributed by atoms with Crippen molar-refractivity contribution in [3.63, 3.8) is 0 Å². The van der Waals surface area contributed by atoms with Crippen LogP contribution >= 0.6 is 11.6 Å². The third kappa shape index (κ3) is 5.70. The van der Waals surface area contributed by atoms with Gasteiger partial charge < -0.3 is 14.6 Å². The lowest BCUT2D eigenvalue weighted by Crippen LogP contribution is -2.35. The number of aliphatic hydroxyl groups excluding tert-OH is 1. The van der Waals surface area contributed by atoms with Gasteiger partial charge in [0.1, 0.15) is 30.3 Å². The number of benzene rings is 2. The Morgan fingerprint density at radius 2 is 2.00 bits per heavy atom. The standard InChI is InChI=1S/C21H24ClNO4/c1-15(24)20-4-2-3-5-21(20)26-14-17(25)12-23-11-10-19(13-23)27-18-8-6-16(22)7-9-18/h2-9,17,19,25H,10-14H2,1H3. The van der Waals surface area contributed by atoms with Crippen LogP contribution in [-0.4, -0.2) is 54.2 Å². The van der Waals surface area contributed by atoms with E-state index in [1.807, 2.05) is 30.3 Å². The van der Waals surface area contributed by atoms with Gasteiger partial charge in [-0.15, -0.1) is 0 Å². The van der Waals surface area contributed by atoms with Crippen LogP contribution in [0.4, 0.5) is 0 Å². The van der Waals surface area contributed by atoms with Crippen molar-refractivity contribution < 1.29 is 19.4 Å². The second-order valence-corrected chi connectivity index (χ2v) is 7.20. The zero-order chi connectivity index (χ0) is 19.2. The number of Topliss-reactive ketones (excluding diaryl/α,β-unsaturated/α-hetero) is 1. The normalized spacial score (nSPS) is 18.3. The highest BCUT2D eigenvalue weighted by Crippen LogP contribution is 2.21. The van der Waals surface area contributed by atoms with Crippen molar-refractivity contribution in [1.82, 2.24) is 4.90 Å². The van der Waals surface area contributed by atoms with E-state index in [1.165, 1.54) is 6.92 Å². The van der Waals surface area contributed by atoms with Crippen LogP contribution in [0.5, 0.6) is 11.5 Å². The number of β-amino-alcohol motifs (C(OH)–C–C–N with tert-alkyl or cyclic N) is 1. The third-order valence-corrected chi connectivity index (χ3v) is 4.76. The van der Waals surface area contributed by atoms with E-state index in [1.54, 1.807) is 18.2 Å². The molecule has 0 aliphatic carbocycles. The zero-order valence-electron chi connectivity index (χ0n) is 15.3. The highest BCUT2D eigenvalue weighted by atomic mass is 35.5. The lowest BCUT2D eigenvalue weighted by molar-refractivity contribution is 0.0711. The zero-order valence-corrected chi connectivity index (χ0v) is 16.1. The molecule has 0 spiro atoms. The Bertz CT molecular complexity index is 765. The number of carbonyl (C=O) groups is 1. The quantitative estimate of drug-likeness (QED) is 0.701. The smallest absolute Gasteiger partial charge is 0.163 e. The summed E-state index contributed by atoms with van der Waals surface area (Å²) in [5.41, 5.74) is 0.530. The lowest BCUT2D eigenvalue weighted by atomic mass is 10.1. The van der Waals surface area contributed by atoms with Crippen LogP contribution in [0.1, 0.15) is 23.7 Å². The largest absolute Gasteiger partial charge is 0.490 e. The number of likely N-dealkylation sites (tertiary alicyclic amines) is 1. The van der Waals surface area contributed by atoms with Crippen molar-refractivity contribution in [2.24, 2.45) is 0 Å². The molecule has 1 heterocycles. The van der Waals surface area contributed by atoms with Gasteiger partial charge in [0.25, 0.3) is 0 Å². The molecule has 6 heteroatoms. The molecule has 0 bridgehead atoms. The summed E-state index contributed by atoms with van der Waals surface area (Å²) in [5.74, 6) is 1.26. The van der Waals surface area contributed by atoms with Crippen molar-refractivity contribution in [3.8, 4) is 11.5 Å². The Morgan fingerprint density at radius 3 is 2.74 bits per heavy atom. The van der Waals surface area contributed by atoms with Crippen LogP contribution in [0.25, 0.3) is 0 Å². The molecule has 2 atom stereocenters. The molecule has 0 aromatic heterocycles. The summed E-state index contributed by atoms with van der Waals surface area (Å²) in [5, 5.41) is 11.0. The van der Waals surface area contributed by atoms with E-state index in [0.29, 0.717) is 22.9 Å². The molecule has 1 fully saturated rings. The molecule has 2 aromatic carbocycles. The van der Waals surface area contributed by atoms with Crippen LogP contribution < -0.4 is 9.47 Å². The monoisotopic (exact) mass is 389 g/mol. The fourth-order valence-corrected chi connectivity index (χ4v) is 3.31. The van der Waals surface area contributed by atoms with E-state index >= 15 is 0 Å². The molecule has 2 unspecified atom stereocenters. The summed E-state index contributed by atoms with van der Waals surface area (Å²) in [6.07, 6.45) is 0.362. The van der Waals surface area contributed by atoms with Gasteiger partial charge in [-0.25, -0.2) is 0 Å². The lowest BCUT2D eigenvalue weighted by Gasteiger charge is -2.21. The fourth-order valence-electron chi connectivity index (χ4n) is 3.18. The maximum atomic E-state index is 11.6. The molecule has 5 nitrogen and oxygen atoms in total. The molecule has 3 rings (SSSR count). The predicted octanol–water partition coefficient (Wildman–Crippen LogP) is 3.44. The molecule has 0 radical (unpaired) electrons.